The van der Waals surface area contributed by atoms with E-state index in [9.17, 15) is 0 Å². The number of rotatable bonds is 2. The molecule has 0 bridgehead atoms. The van der Waals surface area contributed by atoms with Gasteiger partial charge in [-0.05, 0) is 25.0 Å². The predicted octanol–water partition coefficient (Wildman–Crippen LogP) is 1.38. The predicted molar refractivity (Wildman–Crippen MR) is 50.6 cm³/mol. The summed E-state index contributed by atoms with van der Waals surface area (Å²) >= 11 is 0. The third kappa shape index (κ3) is 1.74. The second-order valence-corrected chi connectivity index (χ2v) is 3.00. The summed E-state index contributed by atoms with van der Waals surface area (Å²) < 4.78 is 0. The summed E-state index contributed by atoms with van der Waals surface area (Å²) in [6.07, 6.45) is 2.64. The van der Waals surface area contributed by atoms with Crippen LogP contribution in [0.3, 0.4) is 0 Å². The summed E-state index contributed by atoms with van der Waals surface area (Å²) in [4.78, 5) is 4.05. The molecule has 0 saturated heterocycles. The van der Waals surface area contributed by atoms with Gasteiger partial charge in [-0.2, -0.15) is 0 Å². The van der Waals surface area contributed by atoms with E-state index in [2.05, 4.69) is 4.98 Å². The van der Waals surface area contributed by atoms with Gasteiger partial charge in [0.1, 0.15) is 5.82 Å². The summed E-state index contributed by atoms with van der Waals surface area (Å²) in [5.74, 6) is 0.551. The Balaban J connectivity index is 3.04. The molecule has 1 heterocycles. The fourth-order valence-corrected chi connectivity index (χ4v) is 1.12. The first kappa shape index (κ1) is 9.00. The summed E-state index contributed by atoms with van der Waals surface area (Å²) in [6, 6.07) is 2.01. The van der Waals surface area contributed by atoms with Crippen molar-refractivity contribution in [3.8, 4) is 0 Å². The molecular weight excluding hydrogens is 150 g/mol. The topological polar surface area (TPSA) is 64.9 Å². The molecule has 0 radical (unpaired) electrons. The van der Waals surface area contributed by atoms with Crippen LogP contribution < -0.4 is 11.5 Å². The first-order valence-electron chi connectivity index (χ1n) is 4.12. The molecule has 1 rings (SSSR count). The number of anilines is 1. The maximum atomic E-state index is 5.84. The third-order valence-corrected chi connectivity index (χ3v) is 1.93. The zero-order valence-corrected chi connectivity index (χ0v) is 7.54. The largest absolute Gasteiger partial charge is 0.383 e. The molecule has 1 aromatic rings. The van der Waals surface area contributed by atoms with Gasteiger partial charge < -0.3 is 11.5 Å². The van der Waals surface area contributed by atoms with Gasteiger partial charge in [0.25, 0.3) is 0 Å². The minimum Gasteiger partial charge on any atom is -0.383 e. The minimum absolute atomic E-state index is 0.0115. The van der Waals surface area contributed by atoms with Crippen LogP contribution in [-0.4, -0.2) is 4.98 Å². The number of pyridine rings is 1. The molecule has 66 valence electrons. The van der Waals surface area contributed by atoms with Crippen LogP contribution in [0.1, 0.15) is 30.5 Å². The Morgan fingerprint density at radius 1 is 1.58 bits per heavy atom. The van der Waals surface area contributed by atoms with Gasteiger partial charge in [0.2, 0.25) is 0 Å². The van der Waals surface area contributed by atoms with Crippen LogP contribution in [0.25, 0.3) is 0 Å². The van der Waals surface area contributed by atoms with E-state index in [1.807, 2.05) is 19.9 Å². The quantitative estimate of drug-likeness (QED) is 0.695. The van der Waals surface area contributed by atoms with Gasteiger partial charge in [-0.15, -0.1) is 0 Å². The Morgan fingerprint density at radius 3 is 2.83 bits per heavy atom. The molecule has 12 heavy (non-hydrogen) atoms. The van der Waals surface area contributed by atoms with Crippen molar-refractivity contribution in [2.24, 2.45) is 5.73 Å². The van der Waals surface area contributed by atoms with Crippen molar-refractivity contribution < 1.29 is 0 Å². The number of nitrogen functional groups attached to an aromatic ring is 1. The van der Waals surface area contributed by atoms with Crippen molar-refractivity contribution in [1.29, 1.82) is 0 Å². The number of aryl methyl sites for hydroxylation is 1. The van der Waals surface area contributed by atoms with Crippen molar-refractivity contribution in [1.82, 2.24) is 4.98 Å². The van der Waals surface area contributed by atoms with E-state index in [1.165, 1.54) is 0 Å². The molecule has 3 heteroatoms. The van der Waals surface area contributed by atoms with Crippen molar-refractivity contribution in [3.05, 3.63) is 23.4 Å². The fraction of sp³-hybridized carbons (Fsp3) is 0.444. The Bertz CT molecular complexity index is 270. The first-order chi connectivity index (χ1) is 5.65. The van der Waals surface area contributed by atoms with E-state index in [-0.39, 0.29) is 6.04 Å². The lowest BCUT2D eigenvalue weighted by Crippen LogP contribution is -2.12. The number of nitrogens with two attached hydrogens (primary N) is 2. The van der Waals surface area contributed by atoms with Crippen molar-refractivity contribution >= 4 is 5.82 Å². The highest BCUT2D eigenvalue weighted by Crippen LogP contribution is 2.19. The van der Waals surface area contributed by atoms with E-state index in [4.69, 9.17) is 11.5 Å². The summed E-state index contributed by atoms with van der Waals surface area (Å²) in [7, 11) is 0. The maximum absolute atomic E-state index is 5.84. The highest BCUT2D eigenvalue weighted by atomic mass is 14.8. The van der Waals surface area contributed by atoms with Crippen LogP contribution in [0.2, 0.25) is 0 Å². The van der Waals surface area contributed by atoms with E-state index < -0.39 is 0 Å². The molecule has 4 N–H and O–H groups in total. The highest BCUT2D eigenvalue weighted by molar-refractivity contribution is 5.42. The van der Waals surface area contributed by atoms with Gasteiger partial charge in [-0.25, -0.2) is 4.98 Å². The zero-order valence-electron chi connectivity index (χ0n) is 7.54. The molecule has 0 amide bonds. The van der Waals surface area contributed by atoms with Crippen LogP contribution in [0.15, 0.2) is 12.3 Å². The summed E-state index contributed by atoms with van der Waals surface area (Å²) in [5, 5.41) is 0. The monoisotopic (exact) mass is 165 g/mol. The maximum Gasteiger partial charge on any atom is 0.128 e. The van der Waals surface area contributed by atoms with Crippen LogP contribution >= 0.6 is 0 Å². The van der Waals surface area contributed by atoms with Crippen LogP contribution in [0, 0.1) is 6.92 Å². The van der Waals surface area contributed by atoms with Gasteiger partial charge in [-0.3, -0.25) is 0 Å². The molecule has 0 aliphatic rings. The number of hydrogen-bond acceptors (Lipinski definition) is 3. The molecule has 0 spiro atoms. The third-order valence-electron chi connectivity index (χ3n) is 1.93. The Kier molecular flexibility index (Phi) is 2.65. The van der Waals surface area contributed by atoms with E-state index >= 15 is 0 Å². The smallest absolute Gasteiger partial charge is 0.128 e. The Labute approximate surface area is 72.8 Å². The van der Waals surface area contributed by atoms with E-state index in [0.29, 0.717) is 5.82 Å². The van der Waals surface area contributed by atoms with Gasteiger partial charge in [0.05, 0.1) is 0 Å². The number of nitrogens with zero attached hydrogens (tertiary/aromatic N) is 1. The molecule has 0 aliphatic heterocycles. The molecule has 3 nitrogen and oxygen atoms in total. The van der Waals surface area contributed by atoms with E-state index in [0.717, 1.165) is 17.5 Å². The van der Waals surface area contributed by atoms with Crippen molar-refractivity contribution in [2.45, 2.75) is 26.3 Å². The SMILES string of the molecule is CC[C@@H](N)c1cc(C)cnc1N. The van der Waals surface area contributed by atoms with Gasteiger partial charge in [0, 0.05) is 17.8 Å². The zero-order chi connectivity index (χ0) is 9.14. The fourth-order valence-electron chi connectivity index (χ4n) is 1.12. The Hall–Kier alpha value is -1.09. The van der Waals surface area contributed by atoms with Crippen molar-refractivity contribution in [2.75, 3.05) is 5.73 Å². The molecule has 0 saturated carbocycles. The molecule has 1 aromatic heterocycles. The molecule has 0 aliphatic carbocycles. The molecule has 0 aromatic carbocycles. The second-order valence-electron chi connectivity index (χ2n) is 3.00. The van der Waals surface area contributed by atoms with Crippen LogP contribution in [0.4, 0.5) is 5.82 Å². The van der Waals surface area contributed by atoms with Gasteiger partial charge in [0.15, 0.2) is 0 Å². The lowest BCUT2D eigenvalue weighted by molar-refractivity contribution is 0.697. The van der Waals surface area contributed by atoms with Crippen LogP contribution in [-0.2, 0) is 0 Å². The average Bonchev–Trinajstić information content (AvgIpc) is 2.08. The standard InChI is InChI=1S/C9H15N3/c1-3-8(10)7-4-6(2)5-12-9(7)11/h4-5,8H,3,10H2,1-2H3,(H2,11,12)/t8-/m1/s1. The molecule has 1 atom stereocenters. The Morgan fingerprint density at radius 2 is 2.25 bits per heavy atom. The lowest BCUT2D eigenvalue weighted by atomic mass is 10.1. The van der Waals surface area contributed by atoms with E-state index in [1.54, 1.807) is 6.20 Å². The molecule has 0 fully saturated rings. The summed E-state index contributed by atoms with van der Waals surface area (Å²) in [5.41, 5.74) is 13.6. The van der Waals surface area contributed by atoms with Crippen LogP contribution in [0.5, 0.6) is 0 Å². The van der Waals surface area contributed by atoms with Gasteiger partial charge >= 0.3 is 0 Å². The highest BCUT2D eigenvalue weighted by Gasteiger charge is 2.07. The number of aromatic nitrogens is 1. The average molecular weight is 165 g/mol. The molecule has 0 unspecified atom stereocenters. The first-order valence-corrected chi connectivity index (χ1v) is 4.12. The molecular formula is C9H15N3. The minimum atomic E-state index is 0.0115. The van der Waals surface area contributed by atoms with Crippen molar-refractivity contribution in [3.63, 3.8) is 0 Å². The lowest BCUT2D eigenvalue weighted by Gasteiger charge is -2.11. The normalized spacial score (nSPS) is 12.9. The van der Waals surface area contributed by atoms with Gasteiger partial charge in [-0.1, -0.05) is 6.92 Å². The number of hydrogen-bond donors (Lipinski definition) is 2. The second kappa shape index (κ2) is 3.54. The summed E-state index contributed by atoms with van der Waals surface area (Å²) in [6.45, 7) is 4.02.